The number of amides is 1. The summed E-state index contributed by atoms with van der Waals surface area (Å²) in [7, 11) is 0. The minimum atomic E-state index is -0.691. The second-order valence-corrected chi connectivity index (χ2v) is 5.29. The number of carbonyl (C=O) groups is 1. The Balaban J connectivity index is 1.66. The molecule has 20 heavy (non-hydrogen) atoms. The molecular formula is C15H21FN2O2. The molecule has 0 saturated carbocycles. The van der Waals surface area contributed by atoms with Gasteiger partial charge in [-0.15, -0.1) is 0 Å². The Morgan fingerprint density at radius 1 is 1.30 bits per heavy atom. The number of hydrogen-bond donors (Lipinski definition) is 1. The van der Waals surface area contributed by atoms with Crippen molar-refractivity contribution >= 4 is 6.09 Å². The van der Waals surface area contributed by atoms with Crippen LogP contribution < -0.4 is 5.73 Å². The minimum absolute atomic E-state index is 0.191. The van der Waals surface area contributed by atoms with Gasteiger partial charge in [0.05, 0.1) is 6.61 Å². The topological polar surface area (TPSA) is 55.6 Å². The number of likely N-dealkylation sites (tertiary alicyclic amines) is 1. The molecule has 2 rings (SSSR count). The number of halogens is 1. The van der Waals surface area contributed by atoms with E-state index in [0.717, 1.165) is 44.5 Å². The third-order valence-electron chi connectivity index (χ3n) is 3.80. The van der Waals surface area contributed by atoms with E-state index in [-0.39, 0.29) is 5.82 Å². The van der Waals surface area contributed by atoms with Crippen LogP contribution in [0.2, 0.25) is 0 Å². The second-order valence-electron chi connectivity index (χ2n) is 5.29. The van der Waals surface area contributed by atoms with Crippen LogP contribution in [0, 0.1) is 11.7 Å². The Hall–Kier alpha value is -1.62. The van der Waals surface area contributed by atoms with E-state index in [1.54, 1.807) is 0 Å². The molecule has 2 N–H and O–H groups in total. The summed E-state index contributed by atoms with van der Waals surface area (Å²) in [6, 6.07) is 6.68. The van der Waals surface area contributed by atoms with Crippen molar-refractivity contribution in [3.8, 4) is 0 Å². The number of rotatable bonds is 5. The van der Waals surface area contributed by atoms with E-state index in [1.807, 2.05) is 12.1 Å². The fourth-order valence-electron chi connectivity index (χ4n) is 2.51. The molecule has 1 heterocycles. The predicted molar refractivity (Wildman–Crippen MR) is 74.8 cm³/mol. The predicted octanol–water partition coefficient (Wildman–Crippen LogP) is 2.18. The summed E-state index contributed by atoms with van der Waals surface area (Å²) in [6.45, 7) is 3.43. The van der Waals surface area contributed by atoms with Crippen LogP contribution in [0.5, 0.6) is 0 Å². The molecule has 0 aromatic heterocycles. The smallest absolute Gasteiger partial charge is 0.404 e. The van der Waals surface area contributed by atoms with E-state index in [2.05, 4.69) is 4.90 Å². The number of carbonyl (C=O) groups excluding carboxylic acids is 1. The normalized spacial score (nSPS) is 17.1. The quantitative estimate of drug-likeness (QED) is 0.899. The van der Waals surface area contributed by atoms with Crippen LogP contribution in [0.4, 0.5) is 9.18 Å². The van der Waals surface area contributed by atoms with Crippen LogP contribution in [-0.2, 0) is 11.2 Å². The molecule has 4 nitrogen and oxygen atoms in total. The number of nitrogens with zero attached hydrogens (tertiary/aromatic N) is 1. The summed E-state index contributed by atoms with van der Waals surface area (Å²) in [5, 5.41) is 0. The van der Waals surface area contributed by atoms with Gasteiger partial charge in [-0.25, -0.2) is 9.18 Å². The number of hydrogen-bond acceptors (Lipinski definition) is 3. The van der Waals surface area contributed by atoms with Crippen LogP contribution in [0.1, 0.15) is 18.4 Å². The average molecular weight is 280 g/mol. The zero-order valence-electron chi connectivity index (χ0n) is 11.6. The molecule has 0 spiro atoms. The fraction of sp³-hybridized carbons (Fsp3) is 0.533. The summed E-state index contributed by atoms with van der Waals surface area (Å²) in [5.74, 6) is 0.230. The highest BCUT2D eigenvalue weighted by Crippen LogP contribution is 2.17. The monoisotopic (exact) mass is 280 g/mol. The molecule has 1 aliphatic rings. The van der Waals surface area contributed by atoms with Gasteiger partial charge in [0.1, 0.15) is 5.82 Å². The first-order chi connectivity index (χ1) is 9.63. The standard InChI is InChI=1S/C15H21FN2O2/c16-14-3-1-12(2-4-14)5-8-18-9-6-13(7-10-18)11-20-15(17)19/h1-4,13H,5-11H2,(H2,17,19). The molecule has 1 aromatic rings. The van der Waals surface area contributed by atoms with Gasteiger partial charge in [0.15, 0.2) is 0 Å². The van der Waals surface area contributed by atoms with Crippen molar-refractivity contribution in [2.75, 3.05) is 26.2 Å². The van der Waals surface area contributed by atoms with Gasteiger partial charge in [0.25, 0.3) is 0 Å². The average Bonchev–Trinajstić information content (AvgIpc) is 2.45. The van der Waals surface area contributed by atoms with E-state index in [4.69, 9.17) is 10.5 Å². The number of primary amides is 1. The minimum Gasteiger partial charge on any atom is -0.449 e. The molecule has 0 unspecified atom stereocenters. The van der Waals surface area contributed by atoms with E-state index >= 15 is 0 Å². The lowest BCUT2D eigenvalue weighted by Gasteiger charge is -2.31. The Morgan fingerprint density at radius 2 is 1.95 bits per heavy atom. The van der Waals surface area contributed by atoms with Gasteiger partial charge >= 0.3 is 6.09 Å². The summed E-state index contributed by atoms with van der Waals surface area (Å²) < 4.78 is 17.6. The Kier molecular flexibility index (Phi) is 5.35. The van der Waals surface area contributed by atoms with Crippen LogP contribution in [0.15, 0.2) is 24.3 Å². The summed E-state index contributed by atoms with van der Waals surface area (Å²) >= 11 is 0. The van der Waals surface area contributed by atoms with Gasteiger partial charge in [-0.2, -0.15) is 0 Å². The largest absolute Gasteiger partial charge is 0.449 e. The lowest BCUT2D eigenvalue weighted by atomic mass is 9.97. The number of nitrogens with two attached hydrogens (primary N) is 1. The molecule has 1 fully saturated rings. The molecule has 0 aliphatic carbocycles. The zero-order chi connectivity index (χ0) is 14.4. The number of piperidine rings is 1. The first-order valence-corrected chi connectivity index (χ1v) is 7.02. The summed E-state index contributed by atoms with van der Waals surface area (Å²) in [4.78, 5) is 12.9. The molecule has 0 atom stereocenters. The maximum Gasteiger partial charge on any atom is 0.404 e. The van der Waals surface area contributed by atoms with Crippen molar-refractivity contribution in [2.45, 2.75) is 19.3 Å². The van der Waals surface area contributed by atoms with E-state index < -0.39 is 6.09 Å². The Labute approximate surface area is 118 Å². The van der Waals surface area contributed by atoms with Gasteiger partial charge < -0.3 is 15.4 Å². The maximum atomic E-state index is 12.8. The highest BCUT2D eigenvalue weighted by Gasteiger charge is 2.19. The van der Waals surface area contributed by atoms with Crippen molar-refractivity contribution in [2.24, 2.45) is 11.7 Å². The van der Waals surface area contributed by atoms with Crippen molar-refractivity contribution in [3.63, 3.8) is 0 Å². The Bertz CT molecular complexity index is 428. The summed E-state index contributed by atoms with van der Waals surface area (Å²) in [5.41, 5.74) is 6.12. The van der Waals surface area contributed by atoms with Gasteiger partial charge in [-0.3, -0.25) is 0 Å². The van der Waals surface area contributed by atoms with Crippen LogP contribution in [-0.4, -0.2) is 37.2 Å². The highest BCUT2D eigenvalue weighted by molar-refractivity contribution is 5.64. The van der Waals surface area contributed by atoms with E-state index in [1.165, 1.54) is 12.1 Å². The first-order valence-electron chi connectivity index (χ1n) is 7.02. The van der Waals surface area contributed by atoms with E-state index in [9.17, 15) is 9.18 Å². The molecule has 110 valence electrons. The van der Waals surface area contributed by atoms with E-state index in [0.29, 0.717) is 12.5 Å². The van der Waals surface area contributed by atoms with Crippen LogP contribution in [0.25, 0.3) is 0 Å². The molecule has 1 aliphatic heterocycles. The molecule has 1 amide bonds. The first kappa shape index (κ1) is 14.8. The van der Waals surface area contributed by atoms with Crippen molar-refractivity contribution in [1.29, 1.82) is 0 Å². The second kappa shape index (κ2) is 7.24. The number of ether oxygens (including phenoxy) is 1. The molecule has 0 bridgehead atoms. The molecule has 5 heteroatoms. The maximum absolute atomic E-state index is 12.8. The van der Waals surface area contributed by atoms with Crippen LogP contribution >= 0.6 is 0 Å². The lowest BCUT2D eigenvalue weighted by Crippen LogP contribution is -2.36. The van der Waals surface area contributed by atoms with Crippen molar-refractivity contribution < 1.29 is 13.9 Å². The van der Waals surface area contributed by atoms with Gasteiger partial charge in [0.2, 0.25) is 0 Å². The van der Waals surface area contributed by atoms with Crippen LogP contribution in [0.3, 0.4) is 0 Å². The SMILES string of the molecule is NC(=O)OCC1CCN(CCc2ccc(F)cc2)CC1. The summed E-state index contributed by atoms with van der Waals surface area (Å²) in [6.07, 6.45) is 2.29. The van der Waals surface area contributed by atoms with Crippen molar-refractivity contribution in [1.82, 2.24) is 4.90 Å². The highest BCUT2D eigenvalue weighted by atomic mass is 19.1. The fourth-order valence-corrected chi connectivity index (χ4v) is 2.51. The third-order valence-corrected chi connectivity index (χ3v) is 3.80. The number of benzene rings is 1. The lowest BCUT2D eigenvalue weighted by molar-refractivity contribution is 0.103. The molecule has 0 radical (unpaired) electrons. The third kappa shape index (κ3) is 4.81. The Morgan fingerprint density at radius 3 is 2.55 bits per heavy atom. The van der Waals surface area contributed by atoms with Gasteiger partial charge in [-0.05, 0) is 56.0 Å². The van der Waals surface area contributed by atoms with Crippen molar-refractivity contribution in [3.05, 3.63) is 35.6 Å². The molecule has 1 aromatic carbocycles. The van der Waals surface area contributed by atoms with Gasteiger partial charge in [0, 0.05) is 6.54 Å². The molecular weight excluding hydrogens is 259 g/mol. The zero-order valence-corrected chi connectivity index (χ0v) is 11.6. The molecule has 1 saturated heterocycles. The van der Waals surface area contributed by atoms with Gasteiger partial charge in [-0.1, -0.05) is 12.1 Å².